The summed E-state index contributed by atoms with van der Waals surface area (Å²) in [6.07, 6.45) is 5.00. The van der Waals surface area contributed by atoms with Crippen molar-refractivity contribution in [1.29, 1.82) is 0 Å². The largest absolute Gasteiger partial charge is 0.331 e. The number of aromatic nitrogens is 2. The minimum Gasteiger partial charge on any atom is -0.331 e. The molecule has 1 aromatic heterocycles. The van der Waals surface area contributed by atoms with Crippen LogP contribution in [0.2, 0.25) is 0 Å². The molecule has 1 unspecified atom stereocenters. The molecule has 0 radical (unpaired) electrons. The molecule has 2 aliphatic rings. The molecule has 3 rings (SSSR count). The molecule has 1 aromatic rings. The topological polar surface area (TPSA) is 21.1 Å². The third kappa shape index (κ3) is 2.25. The Morgan fingerprint density at radius 1 is 1.17 bits per heavy atom. The maximum atomic E-state index is 4.84. The lowest BCUT2D eigenvalue weighted by Gasteiger charge is -2.30. The summed E-state index contributed by atoms with van der Waals surface area (Å²) in [5.41, 5.74) is 1.43. The lowest BCUT2D eigenvalue weighted by molar-refractivity contribution is 0.246. The molecule has 2 aliphatic heterocycles. The van der Waals surface area contributed by atoms with E-state index in [4.69, 9.17) is 4.98 Å². The van der Waals surface area contributed by atoms with E-state index in [0.29, 0.717) is 5.92 Å². The fraction of sp³-hybridized carbons (Fsp3) is 0.786. The Labute approximate surface area is 118 Å². The monoisotopic (exact) mass is 311 g/mol. The normalized spacial score (nSPS) is 26.3. The van der Waals surface area contributed by atoms with Gasteiger partial charge in [0.25, 0.3) is 0 Å². The van der Waals surface area contributed by atoms with Crippen molar-refractivity contribution in [3.05, 3.63) is 16.1 Å². The van der Waals surface area contributed by atoms with Crippen LogP contribution in [0.3, 0.4) is 0 Å². The van der Waals surface area contributed by atoms with Crippen molar-refractivity contribution in [2.24, 2.45) is 5.92 Å². The smallest absolute Gasteiger partial charge is 0.127 e. The summed E-state index contributed by atoms with van der Waals surface area (Å²) in [5.74, 6) is 2.81. The minimum atomic E-state index is 0.666. The summed E-state index contributed by atoms with van der Waals surface area (Å²) in [7, 11) is 2.22. The SMILES string of the molecule is CC1CCn2c(C3CCN(C)CC3)nc(Br)c2C1. The highest BCUT2D eigenvalue weighted by Gasteiger charge is 2.28. The van der Waals surface area contributed by atoms with Crippen molar-refractivity contribution in [3.8, 4) is 0 Å². The van der Waals surface area contributed by atoms with Gasteiger partial charge in [0.1, 0.15) is 10.4 Å². The van der Waals surface area contributed by atoms with Crippen molar-refractivity contribution >= 4 is 15.9 Å². The molecule has 4 heteroatoms. The van der Waals surface area contributed by atoms with Gasteiger partial charge >= 0.3 is 0 Å². The van der Waals surface area contributed by atoms with Gasteiger partial charge in [-0.15, -0.1) is 0 Å². The molecule has 0 amide bonds. The van der Waals surface area contributed by atoms with E-state index in [1.165, 1.54) is 50.3 Å². The number of nitrogens with zero attached hydrogens (tertiary/aromatic N) is 3. The Morgan fingerprint density at radius 3 is 2.61 bits per heavy atom. The molecule has 3 heterocycles. The van der Waals surface area contributed by atoms with Crippen LogP contribution in [-0.4, -0.2) is 34.6 Å². The van der Waals surface area contributed by atoms with Gasteiger partial charge in [-0.3, -0.25) is 0 Å². The van der Waals surface area contributed by atoms with E-state index in [0.717, 1.165) is 17.1 Å². The summed E-state index contributed by atoms with van der Waals surface area (Å²) < 4.78 is 3.60. The first kappa shape index (κ1) is 12.7. The van der Waals surface area contributed by atoms with Gasteiger partial charge in [0.05, 0.1) is 5.69 Å². The number of halogens is 1. The van der Waals surface area contributed by atoms with Crippen molar-refractivity contribution < 1.29 is 0 Å². The molecule has 0 aliphatic carbocycles. The highest BCUT2D eigenvalue weighted by atomic mass is 79.9. The lowest BCUT2D eigenvalue weighted by atomic mass is 9.94. The maximum absolute atomic E-state index is 4.84. The highest BCUT2D eigenvalue weighted by Crippen LogP contribution is 2.34. The Balaban J connectivity index is 1.87. The standard InChI is InChI=1S/C14H22BrN3/c1-10-3-8-18-12(9-10)13(15)16-14(18)11-4-6-17(2)7-5-11/h10-11H,3-9H2,1-2H3. The summed E-state index contributed by atoms with van der Waals surface area (Å²) in [6.45, 7) is 5.93. The zero-order chi connectivity index (χ0) is 12.7. The number of fused-ring (bicyclic) bond motifs is 1. The van der Waals surface area contributed by atoms with Crippen molar-refractivity contribution in [2.45, 2.75) is 45.1 Å². The van der Waals surface area contributed by atoms with Crippen LogP contribution in [0, 0.1) is 5.92 Å². The van der Waals surface area contributed by atoms with E-state index < -0.39 is 0 Å². The number of imidazole rings is 1. The molecule has 1 atom stereocenters. The summed E-state index contributed by atoms with van der Waals surface area (Å²) in [4.78, 5) is 7.26. The van der Waals surface area contributed by atoms with Gasteiger partial charge in [0, 0.05) is 12.5 Å². The Morgan fingerprint density at radius 2 is 1.89 bits per heavy atom. The van der Waals surface area contributed by atoms with Crippen LogP contribution in [0.1, 0.15) is 43.6 Å². The fourth-order valence-electron chi connectivity index (χ4n) is 3.28. The number of hydrogen-bond donors (Lipinski definition) is 0. The van der Waals surface area contributed by atoms with Crippen molar-refractivity contribution in [2.75, 3.05) is 20.1 Å². The van der Waals surface area contributed by atoms with Gasteiger partial charge in [0.2, 0.25) is 0 Å². The average molecular weight is 312 g/mol. The number of hydrogen-bond acceptors (Lipinski definition) is 2. The van der Waals surface area contributed by atoms with Gasteiger partial charge in [-0.1, -0.05) is 6.92 Å². The first-order valence-corrected chi connectivity index (χ1v) is 7.87. The molecule has 0 spiro atoms. The number of rotatable bonds is 1. The van der Waals surface area contributed by atoms with E-state index >= 15 is 0 Å². The van der Waals surface area contributed by atoms with Gasteiger partial charge in [-0.25, -0.2) is 4.98 Å². The predicted molar refractivity (Wildman–Crippen MR) is 76.9 cm³/mol. The van der Waals surface area contributed by atoms with Gasteiger partial charge < -0.3 is 9.47 Å². The minimum absolute atomic E-state index is 0.666. The lowest BCUT2D eigenvalue weighted by Crippen LogP contribution is -2.31. The maximum Gasteiger partial charge on any atom is 0.127 e. The van der Waals surface area contributed by atoms with E-state index in [1.807, 2.05) is 0 Å². The predicted octanol–water partition coefficient (Wildman–Crippen LogP) is 3.04. The van der Waals surface area contributed by atoms with Crippen LogP contribution in [0.25, 0.3) is 0 Å². The van der Waals surface area contributed by atoms with Crippen molar-refractivity contribution in [3.63, 3.8) is 0 Å². The Kier molecular flexibility index (Phi) is 3.50. The van der Waals surface area contributed by atoms with Crippen LogP contribution < -0.4 is 0 Å². The average Bonchev–Trinajstić information content (AvgIpc) is 2.68. The zero-order valence-corrected chi connectivity index (χ0v) is 12.9. The van der Waals surface area contributed by atoms with Gasteiger partial charge in [-0.2, -0.15) is 0 Å². The van der Waals surface area contributed by atoms with Crippen molar-refractivity contribution in [1.82, 2.24) is 14.5 Å². The first-order chi connectivity index (χ1) is 8.65. The van der Waals surface area contributed by atoms with Gasteiger partial charge in [-0.05, 0) is 67.7 Å². The molecular weight excluding hydrogens is 290 g/mol. The Hall–Kier alpha value is -0.350. The van der Waals surface area contributed by atoms with E-state index in [1.54, 1.807) is 0 Å². The molecule has 1 saturated heterocycles. The second-order valence-electron chi connectivity index (χ2n) is 6.03. The molecule has 100 valence electrons. The molecule has 0 saturated carbocycles. The summed E-state index contributed by atoms with van der Waals surface area (Å²) in [5, 5.41) is 0. The second-order valence-corrected chi connectivity index (χ2v) is 6.79. The fourth-order valence-corrected chi connectivity index (χ4v) is 3.84. The number of piperidine rings is 1. The Bertz CT molecular complexity index is 432. The number of likely N-dealkylation sites (tertiary alicyclic amines) is 1. The second kappa shape index (κ2) is 4.97. The van der Waals surface area contributed by atoms with E-state index in [2.05, 4.69) is 39.4 Å². The molecule has 18 heavy (non-hydrogen) atoms. The molecule has 3 nitrogen and oxygen atoms in total. The highest BCUT2D eigenvalue weighted by molar-refractivity contribution is 9.10. The quantitative estimate of drug-likeness (QED) is 0.795. The van der Waals surface area contributed by atoms with Crippen LogP contribution in [-0.2, 0) is 13.0 Å². The third-order valence-corrected chi connectivity index (χ3v) is 5.16. The molecule has 0 aromatic carbocycles. The summed E-state index contributed by atoms with van der Waals surface area (Å²) >= 11 is 3.67. The molecular formula is C14H22BrN3. The van der Waals surface area contributed by atoms with Crippen LogP contribution in [0.5, 0.6) is 0 Å². The molecule has 0 bridgehead atoms. The molecule has 1 fully saturated rings. The van der Waals surface area contributed by atoms with E-state index in [-0.39, 0.29) is 0 Å². The van der Waals surface area contributed by atoms with Crippen LogP contribution >= 0.6 is 15.9 Å². The van der Waals surface area contributed by atoms with Crippen LogP contribution in [0.4, 0.5) is 0 Å². The zero-order valence-electron chi connectivity index (χ0n) is 11.3. The van der Waals surface area contributed by atoms with E-state index in [9.17, 15) is 0 Å². The first-order valence-electron chi connectivity index (χ1n) is 7.08. The van der Waals surface area contributed by atoms with Crippen LogP contribution in [0.15, 0.2) is 4.60 Å². The van der Waals surface area contributed by atoms with Gasteiger partial charge in [0.15, 0.2) is 0 Å². The molecule has 0 N–H and O–H groups in total. The third-order valence-electron chi connectivity index (χ3n) is 4.52. The summed E-state index contributed by atoms with van der Waals surface area (Å²) in [6, 6.07) is 0.